The molecule has 0 saturated carbocycles. The minimum Gasteiger partial charge on any atom is -0.496 e. The first-order valence-electron chi connectivity index (χ1n) is 5.71. The minimum absolute atomic E-state index is 0.0202. The standard InChI is InChI=1S/C12H16N2O4/c1-17-11-5-9(4-10(6-11)14(15)16)7-12(13)2-3-18-8-12/h4-6H,2-3,7-8,13H2,1H3. The third kappa shape index (κ3) is 2.77. The Kier molecular flexibility index (Phi) is 3.49. The van der Waals surface area contributed by atoms with Crippen molar-refractivity contribution in [3.63, 3.8) is 0 Å². The molecular weight excluding hydrogens is 236 g/mol. The molecule has 0 radical (unpaired) electrons. The number of methoxy groups -OCH3 is 1. The zero-order chi connectivity index (χ0) is 13.2. The second kappa shape index (κ2) is 4.91. The van der Waals surface area contributed by atoms with E-state index in [1.165, 1.54) is 19.2 Å². The molecule has 1 saturated heterocycles. The maximum Gasteiger partial charge on any atom is 0.273 e. The van der Waals surface area contributed by atoms with Crippen molar-refractivity contribution in [2.24, 2.45) is 5.73 Å². The van der Waals surface area contributed by atoms with E-state index in [1.54, 1.807) is 6.07 Å². The van der Waals surface area contributed by atoms with Crippen molar-refractivity contribution >= 4 is 5.69 Å². The molecule has 6 nitrogen and oxygen atoms in total. The van der Waals surface area contributed by atoms with Crippen LogP contribution in [-0.4, -0.2) is 30.8 Å². The summed E-state index contributed by atoms with van der Waals surface area (Å²) in [5, 5.41) is 10.8. The van der Waals surface area contributed by atoms with Gasteiger partial charge < -0.3 is 15.2 Å². The third-order valence-electron chi connectivity index (χ3n) is 3.09. The maximum atomic E-state index is 10.8. The van der Waals surface area contributed by atoms with Crippen LogP contribution in [0, 0.1) is 10.1 Å². The molecule has 0 bridgehead atoms. The number of nitro benzene ring substituents is 1. The number of nitro groups is 1. The summed E-state index contributed by atoms with van der Waals surface area (Å²) in [6.45, 7) is 1.13. The molecule has 1 aromatic rings. The summed E-state index contributed by atoms with van der Waals surface area (Å²) in [7, 11) is 1.49. The average Bonchev–Trinajstić information content (AvgIpc) is 2.75. The maximum absolute atomic E-state index is 10.8. The predicted octanol–water partition coefficient (Wildman–Crippen LogP) is 1.26. The number of hydrogen-bond acceptors (Lipinski definition) is 5. The van der Waals surface area contributed by atoms with E-state index >= 15 is 0 Å². The Labute approximate surface area is 105 Å². The Morgan fingerprint density at radius 3 is 2.89 bits per heavy atom. The summed E-state index contributed by atoms with van der Waals surface area (Å²) in [5.41, 5.74) is 6.56. The van der Waals surface area contributed by atoms with E-state index in [0.717, 1.165) is 12.0 Å². The molecule has 0 aliphatic carbocycles. The van der Waals surface area contributed by atoms with E-state index in [-0.39, 0.29) is 5.69 Å². The van der Waals surface area contributed by atoms with Gasteiger partial charge in [0.25, 0.3) is 5.69 Å². The van der Waals surface area contributed by atoms with E-state index in [4.69, 9.17) is 15.2 Å². The first kappa shape index (κ1) is 12.8. The molecule has 2 rings (SSSR count). The normalized spacial score (nSPS) is 23.0. The molecular formula is C12H16N2O4. The molecule has 1 aromatic carbocycles. The van der Waals surface area contributed by atoms with Crippen molar-refractivity contribution in [2.45, 2.75) is 18.4 Å². The van der Waals surface area contributed by atoms with Crippen molar-refractivity contribution in [3.05, 3.63) is 33.9 Å². The fourth-order valence-corrected chi connectivity index (χ4v) is 2.14. The van der Waals surface area contributed by atoms with Gasteiger partial charge in [0, 0.05) is 18.2 Å². The van der Waals surface area contributed by atoms with Gasteiger partial charge in [-0.15, -0.1) is 0 Å². The van der Waals surface area contributed by atoms with E-state index in [9.17, 15) is 10.1 Å². The van der Waals surface area contributed by atoms with Crippen LogP contribution in [0.15, 0.2) is 18.2 Å². The highest BCUT2D eigenvalue weighted by Gasteiger charge is 2.31. The zero-order valence-electron chi connectivity index (χ0n) is 10.2. The van der Waals surface area contributed by atoms with Gasteiger partial charge >= 0.3 is 0 Å². The third-order valence-corrected chi connectivity index (χ3v) is 3.09. The van der Waals surface area contributed by atoms with E-state index in [1.807, 2.05) is 0 Å². The molecule has 1 atom stereocenters. The minimum atomic E-state index is -0.430. The highest BCUT2D eigenvalue weighted by molar-refractivity contribution is 5.43. The van der Waals surface area contributed by atoms with Gasteiger partial charge in [0.1, 0.15) is 5.75 Å². The van der Waals surface area contributed by atoms with Crippen LogP contribution in [0.3, 0.4) is 0 Å². The van der Waals surface area contributed by atoms with Gasteiger partial charge in [-0.2, -0.15) is 0 Å². The first-order chi connectivity index (χ1) is 8.52. The topological polar surface area (TPSA) is 87.6 Å². The predicted molar refractivity (Wildman–Crippen MR) is 65.7 cm³/mol. The van der Waals surface area contributed by atoms with Crippen molar-refractivity contribution in [2.75, 3.05) is 20.3 Å². The lowest BCUT2D eigenvalue weighted by molar-refractivity contribution is -0.385. The van der Waals surface area contributed by atoms with Crippen LogP contribution in [0.5, 0.6) is 5.75 Å². The van der Waals surface area contributed by atoms with Crippen LogP contribution in [0.2, 0.25) is 0 Å². The summed E-state index contributed by atoms with van der Waals surface area (Å²) >= 11 is 0. The van der Waals surface area contributed by atoms with Crippen molar-refractivity contribution in [1.29, 1.82) is 0 Å². The van der Waals surface area contributed by atoms with Crippen molar-refractivity contribution < 1.29 is 14.4 Å². The Morgan fingerprint density at radius 1 is 1.56 bits per heavy atom. The lowest BCUT2D eigenvalue weighted by atomic mass is 9.91. The van der Waals surface area contributed by atoms with Gasteiger partial charge in [-0.3, -0.25) is 10.1 Å². The second-order valence-corrected chi connectivity index (χ2v) is 4.64. The monoisotopic (exact) mass is 252 g/mol. The number of ether oxygens (including phenoxy) is 2. The number of non-ortho nitro benzene ring substituents is 1. The lowest BCUT2D eigenvalue weighted by Gasteiger charge is -2.21. The van der Waals surface area contributed by atoms with Crippen molar-refractivity contribution in [1.82, 2.24) is 0 Å². The molecule has 0 aromatic heterocycles. The Balaban J connectivity index is 2.26. The van der Waals surface area contributed by atoms with Gasteiger partial charge in [0.05, 0.1) is 24.7 Å². The van der Waals surface area contributed by atoms with Crippen LogP contribution in [-0.2, 0) is 11.2 Å². The first-order valence-corrected chi connectivity index (χ1v) is 5.71. The number of nitrogens with zero attached hydrogens (tertiary/aromatic N) is 1. The lowest BCUT2D eigenvalue weighted by Crippen LogP contribution is -2.42. The average molecular weight is 252 g/mol. The molecule has 1 fully saturated rings. The Bertz CT molecular complexity index is 455. The summed E-state index contributed by atoms with van der Waals surface area (Å²) in [5.74, 6) is 0.474. The van der Waals surface area contributed by atoms with Gasteiger partial charge in [0.2, 0.25) is 0 Å². The molecule has 1 aliphatic rings. The molecule has 6 heteroatoms. The molecule has 0 spiro atoms. The summed E-state index contributed by atoms with van der Waals surface area (Å²) in [4.78, 5) is 10.4. The molecule has 2 N–H and O–H groups in total. The summed E-state index contributed by atoms with van der Waals surface area (Å²) in [6.07, 6.45) is 1.31. The summed E-state index contributed by atoms with van der Waals surface area (Å²) in [6, 6.07) is 4.72. The second-order valence-electron chi connectivity index (χ2n) is 4.64. The number of rotatable bonds is 4. The van der Waals surface area contributed by atoms with Crippen LogP contribution >= 0.6 is 0 Å². The van der Waals surface area contributed by atoms with E-state index < -0.39 is 10.5 Å². The van der Waals surface area contributed by atoms with Gasteiger partial charge in [-0.25, -0.2) is 0 Å². The van der Waals surface area contributed by atoms with Gasteiger partial charge in [0.15, 0.2) is 0 Å². The highest BCUT2D eigenvalue weighted by Crippen LogP contribution is 2.27. The molecule has 1 heterocycles. The van der Waals surface area contributed by atoms with Crippen LogP contribution in [0.25, 0.3) is 0 Å². The van der Waals surface area contributed by atoms with Gasteiger partial charge in [-0.1, -0.05) is 0 Å². The smallest absolute Gasteiger partial charge is 0.273 e. The fraction of sp³-hybridized carbons (Fsp3) is 0.500. The SMILES string of the molecule is COc1cc(CC2(N)CCOC2)cc([N+](=O)[O-])c1. The van der Waals surface area contributed by atoms with E-state index in [0.29, 0.717) is 25.4 Å². The number of nitrogens with two attached hydrogens (primary N) is 1. The number of hydrogen-bond donors (Lipinski definition) is 1. The molecule has 1 aliphatic heterocycles. The number of benzene rings is 1. The van der Waals surface area contributed by atoms with Gasteiger partial charge in [-0.05, 0) is 24.5 Å². The molecule has 18 heavy (non-hydrogen) atoms. The quantitative estimate of drug-likeness (QED) is 0.644. The molecule has 0 amide bonds. The fourth-order valence-electron chi connectivity index (χ4n) is 2.14. The summed E-state index contributed by atoms with van der Waals surface area (Å²) < 4.78 is 10.3. The Morgan fingerprint density at radius 2 is 2.33 bits per heavy atom. The molecule has 1 unspecified atom stereocenters. The zero-order valence-corrected chi connectivity index (χ0v) is 10.2. The van der Waals surface area contributed by atoms with Crippen LogP contribution in [0.4, 0.5) is 5.69 Å². The van der Waals surface area contributed by atoms with Crippen LogP contribution < -0.4 is 10.5 Å². The molecule has 98 valence electrons. The highest BCUT2D eigenvalue weighted by atomic mass is 16.6. The van der Waals surface area contributed by atoms with Crippen LogP contribution in [0.1, 0.15) is 12.0 Å². The van der Waals surface area contributed by atoms with E-state index in [2.05, 4.69) is 0 Å². The Hall–Kier alpha value is -1.66. The largest absolute Gasteiger partial charge is 0.496 e. The van der Waals surface area contributed by atoms with Crippen molar-refractivity contribution in [3.8, 4) is 5.75 Å².